The maximum absolute atomic E-state index is 11.6. The second-order valence-electron chi connectivity index (χ2n) is 5.40. The maximum atomic E-state index is 11.6. The fourth-order valence-corrected chi connectivity index (χ4v) is 2.56. The summed E-state index contributed by atoms with van der Waals surface area (Å²) in [6.07, 6.45) is -0.954. The highest BCUT2D eigenvalue weighted by molar-refractivity contribution is 5.74. The molecule has 0 saturated heterocycles. The third kappa shape index (κ3) is 4.41. The molecular weight excluding hydrogens is 278 g/mol. The number of hydrogen-bond acceptors (Lipinski definition) is 3. The summed E-state index contributed by atoms with van der Waals surface area (Å²) >= 11 is 0. The van der Waals surface area contributed by atoms with Crippen LogP contribution in [0.4, 0.5) is 0 Å². The van der Waals surface area contributed by atoms with E-state index in [9.17, 15) is 15.0 Å². The molecule has 4 nitrogen and oxygen atoms in total. The van der Waals surface area contributed by atoms with Crippen molar-refractivity contribution in [2.75, 3.05) is 0 Å². The van der Waals surface area contributed by atoms with E-state index in [1.54, 1.807) is 4.90 Å². The van der Waals surface area contributed by atoms with Crippen molar-refractivity contribution >= 4 is 5.97 Å². The summed E-state index contributed by atoms with van der Waals surface area (Å²) in [5.74, 6) is -1.01. The first kappa shape index (κ1) is 16.2. The van der Waals surface area contributed by atoms with E-state index < -0.39 is 18.1 Å². The molecule has 0 aliphatic heterocycles. The molecule has 2 unspecified atom stereocenters. The molecule has 2 aromatic carbocycles. The predicted octanol–water partition coefficient (Wildman–Crippen LogP) is 2.52. The van der Waals surface area contributed by atoms with E-state index in [2.05, 4.69) is 0 Å². The molecule has 4 heteroatoms. The van der Waals surface area contributed by atoms with Gasteiger partial charge in [-0.15, -0.1) is 0 Å². The smallest absolute Gasteiger partial charge is 0.323 e. The zero-order valence-corrected chi connectivity index (χ0v) is 12.6. The first-order valence-corrected chi connectivity index (χ1v) is 7.30. The molecule has 22 heavy (non-hydrogen) atoms. The van der Waals surface area contributed by atoms with Crippen LogP contribution in [0.3, 0.4) is 0 Å². The van der Waals surface area contributed by atoms with Crippen LogP contribution in [0.1, 0.15) is 18.1 Å². The summed E-state index contributed by atoms with van der Waals surface area (Å²) in [6.45, 7) is 2.46. The summed E-state index contributed by atoms with van der Waals surface area (Å²) in [6, 6.07) is 18.4. The van der Waals surface area contributed by atoms with Crippen molar-refractivity contribution in [1.82, 2.24) is 4.90 Å². The molecule has 116 valence electrons. The van der Waals surface area contributed by atoms with Crippen LogP contribution in [-0.4, -0.2) is 33.2 Å². The Kier molecular flexibility index (Phi) is 5.69. The number of hydrogen-bond donors (Lipinski definition) is 2. The molecule has 0 fully saturated rings. The van der Waals surface area contributed by atoms with Crippen LogP contribution in [0.2, 0.25) is 0 Å². The number of rotatable bonds is 7. The zero-order chi connectivity index (χ0) is 15.9. The third-order valence-electron chi connectivity index (χ3n) is 3.56. The SMILES string of the molecule is CC(O)C(C(=O)O)N(Cc1ccccc1)Cc1ccccc1. The van der Waals surface area contributed by atoms with Gasteiger partial charge in [-0.05, 0) is 18.1 Å². The van der Waals surface area contributed by atoms with Crippen LogP contribution < -0.4 is 0 Å². The van der Waals surface area contributed by atoms with Crippen molar-refractivity contribution in [2.24, 2.45) is 0 Å². The Morgan fingerprint density at radius 1 is 0.955 bits per heavy atom. The average Bonchev–Trinajstić information content (AvgIpc) is 2.48. The van der Waals surface area contributed by atoms with Crippen LogP contribution >= 0.6 is 0 Å². The van der Waals surface area contributed by atoms with Crippen molar-refractivity contribution in [3.05, 3.63) is 71.8 Å². The minimum Gasteiger partial charge on any atom is -0.480 e. The van der Waals surface area contributed by atoms with Gasteiger partial charge in [-0.2, -0.15) is 0 Å². The van der Waals surface area contributed by atoms with Gasteiger partial charge < -0.3 is 10.2 Å². The number of carbonyl (C=O) groups is 1. The highest BCUT2D eigenvalue weighted by Crippen LogP contribution is 2.16. The fraction of sp³-hybridized carbons (Fsp3) is 0.278. The van der Waals surface area contributed by atoms with Gasteiger partial charge in [-0.25, -0.2) is 0 Å². The molecule has 0 spiro atoms. The lowest BCUT2D eigenvalue weighted by Gasteiger charge is -2.30. The summed E-state index contributed by atoms with van der Waals surface area (Å²) < 4.78 is 0. The Hall–Kier alpha value is -2.17. The second-order valence-corrected chi connectivity index (χ2v) is 5.40. The van der Waals surface area contributed by atoms with E-state index >= 15 is 0 Å². The summed E-state index contributed by atoms with van der Waals surface area (Å²) in [5.41, 5.74) is 2.04. The number of nitrogens with zero attached hydrogens (tertiary/aromatic N) is 1. The molecule has 0 bridgehead atoms. The van der Waals surface area contributed by atoms with Crippen molar-refractivity contribution in [3.8, 4) is 0 Å². The van der Waals surface area contributed by atoms with Crippen molar-refractivity contribution in [2.45, 2.75) is 32.2 Å². The molecule has 2 atom stereocenters. The van der Waals surface area contributed by atoms with Crippen LogP contribution in [0.5, 0.6) is 0 Å². The molecule has 2 N–H and O–H groups in total. The van der Waals surface area contributed by atoms with Crippen molar-refractivity contribution in [1.29, 1.82) is 0 Å². The van der Waals surface area contributed by atoms with Gasteiger partial charge >= 0.3 is 5.97 Å². The highest BCUT2D eigenvalue weighted by Gasteiger charge is 2.30. The van der Waals surface area contributed by atoms with E-state index in [-0.39, 0.29) is 0 Å². The number of carboxylic acids is 1. The van der Waals surface area contributed by atoms with Crippen LogP contribution in [0, 0.1) is 0 Å². The predicted molar refractivity (Wildman–Crippen MR) is 85.2 cm³/mol. The molecule has 0 aliphatic rings. The number of aliphatic hydroxyl groups is 1. The molecule has 2 rings (SSSR count). The third-order valence-corrected chi connectivity index (χ3v) is 3.56. The summed E-state index contributed by atoms with van der Waals surface area (Å²) in [4.78, 5) is 13.4. The lowest BCUT2D eigenvalue weighted by Crippen LogP contribution is -2.47. The van der Waals surface area contributed by atoms with E-state index in [1.807, 2.05) is 60.7 Å². The first-order chi connectivity index (χ1) is 10.6. The topological polar surface area (TPSA) is 60.8 Å². The van der Waals surface area contributed by atoms with Gasteiger partial charge in [0, 0.05) is 13.1 Å². The second kappa shape index (κ2) is 7.73. The maximum Gasteiger partial charge on any atom is 0.323 e. The quantitative estimate of drug-likeness (QED) is 0.825. The Bertz CT molecular complexity index is 542. The molecule has 0 aliphatic carbocycles. The molecule has 0 aromatic heterocycles. The standard InChI is InChI=1S/C18H21NO3/c1-14(20)17(18(21)22)19(12-15-8-4-2-5-9-15)13-16-10-6-3-7-11-16/h2-11,14,17,20H,12-13H2,1H3,(H,21,22). The Labute approximate surface area is 130 Å². The Morgan fingerprint density at radius 2 is 1.36 bits per heavy atom. The Balaban J connectivity index is 2.25. The van der Waals surface area contributed by atoms with Gasteiger partial charge in [0.25, 0.3) is 0 Å². The van der Waals surface area contributed by atoms with Gasteiger partial charge in [0.2, 0.25) is 0 Å². The number of aliphatic hydroxyl groups excluding tert-OH is 1. The fourth-order valence-electron chi connectivity index (χ4n) is 2.56. The molecule has 0 heterocycles. The van der Waals surface area contributed by atoms with Crippen LogP contribution in [0.15, 0.2) is 60.7 Å². The minimum absolute atomic E-state index is 0.470. The van der Waals surface area contributed by atoms with Gasteiger partial charge in [0.15, 0.2) is 0 Å². The number of aliphatic carboxylic acids is 1. The normalized spacial score (nSPS) is 13.8. The van der Waals surface area contributed by atoms with Gasteiger partial charge in [-0.1, -0.05) is 60.7 Å². The monoisotopic (exact) mass is 299 g/mol. The molecule has 0 radical (unpaired) electrons. The Morgan fingerprint density at radius 3 is 1.68 bits per heavy atom. The molecular formula is C18H21NO3. The lowest BCUT2D eigenvalue weighted by molar-refractivity contribution is -0.148. The van der Waals surface area contributed by atoms with Crippen molar-refractivity contribution in [3.63, 3.8) is 0 Å². The summed E-state index contributed by atoms with van der Waals surface area (Å²) in [5, 5.41) is 19.4. The van der Waals surface area contributed by atoms with E-state index in [0.717, 1.165) is 11.1 Å². The lowest BCUT2D eigenvalue weighted by atomic mass is 10.1. The van der Waals surface area contributed by atoms with Gasteiger partial charge in [0.1, 0.15) is 6.04 Å². The van der Waals surface area contributed by atoms with Crippen LogP contribution in [0.25, 0.3) is 0 Å². The van der Waals surface area contributed by atoms with E-state index in [4.69, 9.17) is 0 Å². The van der Waals surface area contributed by atoms with Crippen LogP contribution in [-0.2, 0) is 17.9 Å². The molecule has 2 aromatic rings. The summed E-state index contributed by atoms with van der Waals surface area (Å²) in [7, 11) is 0. The van der Waals surface area contributed by atoms with Gasteiger partial charge in [-0.3, -0.25) is 9.69 Å². The first-order valence-electron chi connectivity index (χ1n) is 7.30. The molecule has 0 amide bonds. The van der Waals surface area contributed by atoms with E-state index in [1.165, 1.54) is 6.92 Å². The van der Waals surface area contributed by atoms with Crippen molar-refractivity contribution < 1.29 is 15.0 Å². The highest BCUT2D eigenvalue weighted by atomic mass is 16.4. The zero-order valence-electron chi connectivity index (χ0n) is 12.6. The largest absolute Gasteiger partial charge is 0.480 e. The molecule has 0 saturated carbocycles. The van der Waals surface area contributed by atoms with E-state index in [0.29, 0.717) is 13.1 Å². The average molecular weight is 299 g/mol. The number of carboxylic acid groups (broad SMARTS) is 1. The van der Waals surface area contributed by atoms with Gasteiger partial charge in [0.05, 0.1) is 6.10 Å². The number of benzene rings is 2. The minimum atomic E-state index is -1.01.